The Kier molecular flexibility index (Phi) is 6.20. The molecule has 1 aliphatic heterocycles. The number of rotatable bonds is 6. The Morgan fingerprint density at radius 2 is 2.07 bits per heavy atom. The molecule has 0 unspecified atom stereocenters. The highest BCUT2D eigenvalue weighted by atomic mass is 35.5. The van der Waals surface area contributed by atoms with Gasteiger partial charge in [0.05, 0.1) is 23.5 Å². The van der Waals surface area contributed by atoms with Crippen molar-refractivity contribution in [1.82, 2.24) is 25.2 Å². The summed E-state index contributed by atoms with van der Waals surface area (Å²) in [6.45, 7) is 5.95. The minimum Gasteiger partial charge on any atom is -0.360 e. The molecule has 1 fully saturated rings. The molecule has 3 heterocycles. The van der Waals surface area contributed by atoms with E-state index in [1.54, 1.807) is 6.20 Å². The number of benzene rings is 1. The van der Waals surface area contributed by atoms with E-state index in [2.05, 4.69) is 20.6 Å². The van der Waals surface area contributed by atoms with E-state index in [0.717, 1.165) is 42.4 Å². The molecule has 30 heavy (non-hydrogen) atoms. The number of para-hydroxylation sites is 1. The summed E-state index contributed by atoms with van der Waals surface area (Å²) in [5.74, 6) is 0.720. The predicted octanol–water partition coefficient (Wildman–Crippen LogP) is 3.68. The van der Waals surface area contributed by atoms with Crippen LogP contribution in [0.1, 0.15) is 26.7 Å². The number of carbonyl (C=O) groups is 1. The van der Waals surface area contributed by atoms with Crippen molar-refractivity contribution in [2.45, 2.75) is 38.8 Å². The molecule has 8 heteroatoms. The highest BCUT2D eigenvalue weighted by Gasteiger charge is 2.23. The van der Waals surface area contributed by atoms with Crippen LogP contribution in [0.15, 0.2) is 36.7 Å². The normalized spacial score (nSPS) is 15.1. The molecule has 1 amide bonds. The molecule has 4 rings (SSSR count). The second-order valence-corrected chi connectivity index (χ2v) is 8.38. The molecule has 3 aromatic rings. The van der Waals surface area contributed by atoms with E-state index in [1.165, 1.54) is 0 Å². The lowest BCUT2D eigenvalue weighted by atomic mass is 10.1. The lowest BCUT2D eigenvalue weighted by molar-refractivity contribution is -0.131. The number of H-pyrrole nitrogens is 1. The van der Waals surface area contributed by atoms with Crippen LogP contribution in [0, 0.1) is 0 Å². The fraction of sp³-hybridized carbons (Fsp3) is 0.409. The maximum atomic E-state index is 12.3. The zero-order valence-corrected chi connectivity index (χ0v) is 18.0. The highest BCUT2D eigenvalue weighted by Crippen LogP contribution is 2.32. The number of carbonyl (C=O) groups excluding carboxylic acids is 1. The minimum absolute atomic E-state index is 0.159. The van der Waals surface area contributed by atoms with E-state index in [-0.39, 0.29) is 11.9 Å². The molecule has 3 N–H and O–H groups in total. The van der Waals surface area contributed by atoms with Gasteiger partial charge in [-0.05, 0) is 18.9 Å². The van der Waals surface area contributed by atoms with Crippen LogP contribution in [-0.4, -0.2) is 57.5 Å². The van der Waals surface area contributed by atoms with E-state index < -0.39 is 0 Å². The summed E-state index contributed by atoms with van der Waals surface area (Å²) in [7, 11) is 0. The standard InChI is InChI=1S/C22H27ClN6O/c1-14(2)24-13-20(30)29-9-7-15(8-10-29)27-22-26-12-18(23)21(28-22)17-11-25-19-6-4-3-5-16(17)19/h3-6,11-12,14-15,24-25H,7-10,13H2,1-2H3,(H,26,27,28). The van der Waals surface area contributed by atoms with Gasteiger partial charge in [-0.15, -0.1) is 0 Å². The quantitative estimate of drug-likeness (QED) is 0.559. The summed E-state index contributed by atoms with van der Waals surface area (Å²) < 4.78 is 0. The van der Waals surface area contributed by atoms with Crippen molar-refractivity contribution in [3.05, 3.63) is 41.7 Å². The van der Waals surface area contributed by atoms with Gasteiger partial charge < -0.3 is 20.5 Å². The van der Waals surface area contributed by atoms with Gasteiger partial charge in [0.1, 0.15) is 0 Å². The van der Waals surface area contributed by atoms with Crippen LogP contribution in [0.4, 0.5) is 5.95 Å². The summed E-state index contributed by atoms with van der Waals surface area (Å²) >= 11 is 6.42. The average molecular weight is 427 g/mol. The summed E-state index contributed by atoms with van der Waals surface area (Å²) in [4.78, 5) is 26.5. The first-order valence-corrected chi connectivity index (χ1v) is 10.8. The second kappa shape index (κ2) is 9.02. The minimum atomic E-state index is 0.159. The summed E-state index contributed by atoms with van der Waals surface area (Å²) in [6, 6.07) is 8.60. The number of likely N-dealkylation sites (tertiary alicyclic amines) is 1. The number of nitrogens with one attached hydrogen (secondary N) is 3. The van der Waals surface area contributed by atoms with Gasteiger partial charge in [0.15, 0.2) is 0 Å². The van der Waals surface area contributed by atoms with Crippen LogP contribution in [0.3, 0.4) is 0 Å². The number of amides is 1. The maximum absolute atomic E-state index is 12.3. The molecular weight excluding hydrogens is 400 g/mol. The molecule has 0 atom stereocenters. The lowest BCUT2D eigenvalue weighted by Gasteiger charge is -2.32. The molecule has 0 radical (unpaired) electrons. The number of fused-ring (bicyclic) bond motifs is 1. The Balaban J connectivity index is 1.42. The van der Waals surface area contributed by atoms with Crippen molar-refractivity contribution in [1.29, 1.82) is 0 Å². The Hall–Kier alpha value is -2.64. The SMILES string of the molecule is CC(C)NCC(=O)N1CCC(Nc2ncc(Cl)c(-c3c[nH]c4ccccc34)n2)CC1. The summed E-state index contributed by atoms with van der Waals surface area (Å²) in [5, 5.41) is 8.20. The first kappa shape index (κ1) is 20.6. The van der Waals surface area contributed by atoms with Crippen molar-refractivity contribution < 1.29 is 4.79 Å². The first-order chi connectivity index (χ1) is 14.5. The molecule has 7 nitrogen and oxygen atoms in total. The summed E-state index contributed by atoms with van der Waals surface area (Å²) in [5.41, 5.74) is 2.71. The molecular formula is C22H27ClN6O. The van der Waals surface area contributed by atoms with Gasteiger partial charge in [-0.25, -0.2) is 9.97 Å². The van der Waals surface area contributed by atoms with Crippen LogP contribution in [-0.2, 0) is 4.79 Å². The smallest absolute Gasteiger partial charge is 0.236 e. The molecule has 0 saturated carbocycles. The van der Waals surface area contributed by atoms with Gasteiger partial charge >= 0.3 is 0 Å². The molecule has 158 valence electrons. The Bertz CT molecular complexity index is 1030. The van der Waals surface area contributed by atoms with E-state index in [9.17, 15) is 4.79 Å². The number of piperidine rings is 1. The third kappa shape index (κ3) is 4.57. The van der Waals surface area contributed by atoms with Crippen LogP contribution in [0.25, 0.3) is 22.2 Å². The second-order valence-electron chi connectivity index (χ2n) is 7.97. The molecule has 2 aromatic heterocycles. The Morgan fingerprint density at radius 3 is 2.83 bits per heavy atom. The summed E-state index contributed by atoms with van der Waals surface area (Å²) in [6.07, 6.45) is 5.30. The zero-order chi connectivity index (χ0) is 21.1. The molecule has 1 aliphatic rings. The average Bonchev–Trinajstić information content (AvgIpc) is 3.18. The van der Waals surface area contributed by atoms with Crippen LogP contribution in [0.2, 0.25) is 5.02 Å². The van der Waals surface area contributed by atoms with E-state index in [1.807, 2.05) is 49.2 Å². The van der Waals surface area contributed by atoms with Crippen molar-refractivity contribution in [3.63, 3.8) is 0 Å². The number of nitrogens with zero attached hydrogens (tertiary/aromatic N) is 3. The van der Waals surface area contributed by atoms with Gasteiger partial charge in [-0.2, -0.15) is 0 Å². The zero-order valence-electron chi connectivity index (χ0n) is 17.3. The topological polar surface area (TPSA) is 85.9 Å². The largest absolute Gasteiger partial charge is 0.360 e. The van der Waals surface area contributed by atoms with Gasteiger partial charge in [0.2, 0.25) is 11.9 Å². The lowest BCUT2D eigenvalue weighted by Crippen LogP contribution is -2.46. The first-order valence-electron chi connectivity index (χ1n) is 10.4. The fourth-order valence-electron chi connectivity index (χ4n) is 3.75. The van der Waals surface area contributed by atoms with Gasteiger partial charge in [-0.3, -0.25) is 4.79 Å². The number of hydrogen-bond donors (Lipinski definition) is 3. The van der Waals surface area contributed by atoms with Gasteiger partial charge in [-0.1, -0.05) is 43.6 Å². The molecule has 1 saturated heterocycles. The molecule has 0 spiro atoms. The van der Waals surface area contributed by atoms with Crippen molar-refractivity contribution in [2.24, 2.45) is 0 Å². The Labute approximate surface area is 181 Å². The number of anilines is 1. The van der Waals surface area contributed by atoms with E-state index in [4.69, 9.17) is 16.6 Å². The third-order valence-corrected chi connectivity index (χ3v) is 5.71. The van der Waals surface area contributed by atoms with Crippen LogP contribution >= 0.6 is 11.6 Å². The number of hydrogen-bond acceptors (Lipinski definition) is 5. The maximum Gasteiger partial charge on any atom is 0.236 e. The van der Waals surface area contributed by atoms with Crippen molar-refractivity contribution in [3.8, 4) is 11.3 Å². The van der Waals surface area contributed by atoms with Crippen LogP contribution < -0.4 is 10.6 Å². The molecule has 0 aliphatic carbocycles. The highest BCUT2D eigenvalue weighted by molar-refractivity contribution is 6.33. The monoisotopic (exact) mass is 426 g/mol. The van der Waals surface area contributed by atoms with Gasteiger partial charge in [0, 0.05) is 47.8 Å². The van der Waals surface area contributed by atoms with Crippen molar-refractivity contribution in [2.75, 3.05) is 25.0 Å². The number of aromatic nitrogens is 3. The molecule has 0 bridgehead atoms. The van der Waals surface area contributed by atoms with E-state index >= 15 is 0 Å². The number of halogens is 1. The third-order valence-electron chi connectivity index (χ3n) is 5.43. The number of aromatic amines is 1. The fourth-order valence-corrected chi connectivity index (χ4v) is 3.94. The molecule has 1 aromatic carbocycles. The van der Waals surface area contributed by atoms with Crippen molar-refractivity contribution >= 4 is 34.4 Å². The van der Waals surface area contributed by atoms with Crippen LogP contribution in [0.5, 0.6) is 0 Å². The van der Waals surface area contributed by atoms with Gasteiger partial charge in [0.25, 0.3) is 0 Å². The predicted molar refractivity (Wildman–Crippen MR) is 121 cm³/mol. The Morgan fingerprint density at radius 1 is 1.30 bits per heavy atom. The van der Waals surface area contributed by atoms with E-state index in [0.29, 0.717) is 29.3 Å².